The van der Waals surface area contributed by atoms with E-state index in [2.05, 4.69) is 5.32 Å². The zero-order chi connectivity index (χ0) is 26.1. The summed E-state index contributed by atoms with van der Waals surface area (Å²) in [5, 5.41) is 54.2. The predicted molar refractivity (Wildman–Crippen MR) is 115 cm³/mol. The molecule has 202 valence electrons. The summed E-state index contributed by atoms with van der Waals surface area (Å²) < 4.78 is 27.4. The maximum absolute atomic E-state index is 12.4. The van der Waals surface area contributed by atoms with Crippen LogP contribution in [0.15, 0.2) is 0 Å². The van der Waals surface area contributed by atoms with Crippen molar-refractivity contribution in [1.82, 2.24) is 10.2 Å². The minimum Gasteiger partial charge on any atom is -0.394 e. The van der Waals surface area contributed by atoms with E-state index < -0.39 is 85.1 Å². The molecule has 3 amide bonds. The molecule has 7 unspecified atom stereocenters. The van der Waals surface area contributed by atoms with E-state index in [1.807, 2.05) is 0 Å². The van der Waals surface area contributed by atoms with Gasteiger partial charge in [0.05, 0.1) is 25.4 Å². The van der Waals surface area contributed by atoms with Gasteiger partial charge in [0.2, 0.25) is 0 Å². The molecular formula is C21H36N2O12. The zero-order valence-electron chi connectivity index (χ0n) is 20.1. The molecule has 14 nitrogen and oxygen atoms in total. The highest BCUT2D eigenvalue weighted by molar-refractivity contribution is 6.06. The van der Waals surface area contributed by atoms with Gasteiger partial charge >= 0.3 is 6.03 Å². The minimum absolute atomic E-state index is 0.110. The van der Waals surface area contributed by atoms with E-state index in [1.165, 1.54) is 14.2 Å². The first kappa shape index (κ1) is 28.1. The van der Waals surface area contributed by atoms with Crippen LogP contribution in [0.1, 0.15) is 20.3 Å². The number of ether oxygens (including phenoxy) is 5. The Bertz CT molecular complexity index is 752. The number of aliphatic hydroxyl groups excluding tert-OH is 5. The average Bonchev–Trinajstić information content (AvgIpc) is 3.01. The molecule has 3 aliphatic rings. The summed E-state index contributed by atoms with van der Waals surface area (Å²) >= 11 is 0. The first-order valence-corrected chi connectivity index (χ1v) is 11.4. The molecule has 1 saturated carbocycles. The van der Waals surface area contributed by atoms with Crippen molar-refractivity contribution in [3.8, 4) is 0 Å². The number of nitrogens with zero attached hydrogens (tertiary/aromatic N) is 1. The molecule has 1 aliphatic carbocycles. The fraction of sp³-hybridized carbons (Fsp3) is 0.905. The van der Waals surface area contributed by atoms with Crippen LogP contribution in [0.4, 0.5) is 4.79 Å². The molecule has 0 radical (unpaired) electrons. The Balaban J connectivity index is 1.71. The summed E-state index contributed by atoms with van der Waals surface area (Å²) in [4.78, 5) is 25.4. The fourth-order valence-electron chi connectivity index (χ4n) is 4.70. The Morgan fingerprint density at radius 3 is 2.23 bits per heavy atom. The van der Waals surface area contributed by atoms with Gasteiger partial charge in [-0.3, -0.25) is 4.79 Å². The summed E-state index contributed by atoms with van der Waals surface area (Å²) in [5.41, 5.74) is -1.06. The van der Waals surface area contributed by atoms with Crippen molar-refractivity contribution in [3.05, 3.63) is 0 Å². The van der Waals surface area contributed by atoms with Crippen molar-refractivity contribution >= 4 is 11.9 Å². The topological polar surface area (TPSA) is 197 Å². The SMILES string of the molecule is CO[C@H]1C(CO)OC(O[C@@H]2C(COCN3C(=O)NC(C)(C)C3=O)C[C@H](OC)C(O)C2O)C(O)C1O. The van der Waals surface area contributed by atoms with E-state index in [1.54, 1.807) is 13.8 Å². The molecule has 14 heteroatoms. The maximum Gasteiger partial charge on any atom is 0.326 e. The number of urea groups is 1. The molecule has 2 heterocycles. The number of nitrogens with one attached hydrogen (secondary N) is 1. The van der Waals surface area contributed by atoms with Crippen LogP contribution in [0, 0.1) is 5.92 Å². The molecule has 3 rings (SSSR count). The molecule has 2 aliphatic heterocycles. The van der Waals surface area contributed by atoms with Crippen LogP contribution < -0.4 is 5.32 Å². The first-order chi connectivity index (χ1) is 16.5. The third-order valence-electron chi connectivity index (χ3n) is 6.75. The first-order valence-electron chi connectivity index (χ1n) is 11.4. The number of rotatable bonds is 9. The van der Waals surface area contributed by atoms with Crippen LogP contribution in [-0.4, -0.2) is 137 Å². The maximum atomic E-state index is 12.4. The Morgan fingerprint density at radius 2 is 1.69 bits per heavy atom. The minimum atomic E-state index is -1.58. The Hall–Kier alpha value is -1.46. The molecular weight excluding hydrogens is 472 g/mol. The van der Waals surface area contributed by atoms with Crippen molar-refractivity contribution < 1.29 is 58.8 Å². The Kier molecular flexibility index (Phi) is 9.07. The van der Waals surface area contributed by atoms with E-state index in [9.17, 15) is 35.1 Å². The van der Waals surface area contributed by atoms with E-state index in [0.29, 0.717) is 0 Å². The largest absolute Gasteiger partial charge is 0.394 e. The third kappa shape index (κ3) is 5.61. The van der Waals surface area contributed by atoms with E-state index in [-0.39, 0.29) is 19.8 Å². The van der Waals surface area contributed by atoms with E-state index >= 15 is 0 Å². The average molecular weight is 509 g/mol. The molecule has 35 heavy (non-hydrogen) atoms. The van der Waals surface area contributed by atoms with Crippen molar-refractivity contribution in [2.24, 2.45) is 5.92 Å². The molecule has 3 fully saturated rings. The number of carbonyl (C=O) groups excluding carboxylic acids is 2. The smallest absolute Gasteiger partial charge is 0.326 e. The normalized spacial score (nSPS) is 41.8. The summed E-state index contributed by atoms with van der Waals surface area (Å²) in [7, 11) is 2.66. The lowest BCUT2D eigenvalue weighted by molar-refractivity contribution is -0.333. The molecule has 0 spiro atoms. The van der Waals surface area contributed by atoms with Crippen molar-refractivity contribution in [2.45, 2.75) is 80.9 Å². The number of carbonyl (C=O) groups is 2. The van der Waals surface area contributed by atoms with Crippen LogP contribution in [0.2, 0.25) is 0 Å². The second kappa shape index (κ2) is 11.3. The van der Waals surface area contributed by atoms with E-state index in [4.69, 9.17) is 23.7 Å². The number of aliphatic hydroxyl groups is 5. The van der Waals surface area contributed by atoms with Gasteiger partial charge in [-0.05, 0) is 20.3 Å². The van der Waals surface area contributed by atoms with Crippen LogP contribution >= 0.6 is 0 Å². The van der Waals surface area contributed by atoms with Crippen LogP contribution in [0.25, 0.3) is 0 Å². The molecule has 10 atom stereocenters. The standard InChI is InChI=1S/C21H36N2O12/c1-21(2)19(29)23(20(30)22-21)8-33-7-9-5-10(31-3)12(25)13(26)16(9)35-18-15(28)14(27)17(32-4)11(6-24)34-18/h9-18,24-28H,5-8H2,1-4H3,(H,22,30)/t9?,10-,11?,12?,13?,14?,15?,16+,17-,18?/m0/s1. The van der Waals surface area contributed by atoms with Crippen LogP contribution in [-0.2, 0) is 28.5 Å². The summed E-state index contributed by atoms with van der Waals surface area (Å²) in [6, 6.07) is -0.600. The number of hydrogen-bond acceptors (Lipinski definition) is 12. The highest BCUT2D eigenvalue weighted by atomic mass is 16.7. The molecule has 2 saturated heterocycles. The number of amides is 3. The Morgan fingerprint density at radius 1 is 1.03 bits per heavy atom. The summed E-state index contributed by atoms with van der Waals surface area (Å²) in [6.45, 7) is 2.14. The fourth-order valence-corrected chi connectivity index (χ4v) is 4.70. The van der Waals surface area contributed by atoms with Gasteiger partial charge in [-0.15, -0.1) is 0 Å². The molecule has 0 aromatic heterocycles. The monoisotopic (exact) mass is 508 g/mol. The highest BCUT2D eigenvalue weighted by Gasteiger charge is 2.51. The van der Waals surface area contributed by atoms with Crippen LogP contribution in [0.5, 0.6) is 0 Å². The third-order valence-corrected chi connectivity index (χ3v) is 6.75. The van der Waals surface area contributed by atoms with Gasteiger partial charge in [0.1, 0.15) is 48.9 Å². The number of imide groups is 1. The van der Waals surface area contributed by atoms with Crippen molar-refractivity contribution in [3.63, 3.8) is 0 Å². The number of hydrogen-bond donors (Lipinski definition) is 6. The summed E-state index contributed by atoms with van der Waals surface area (Å²) in [6.07, 6.45) is -11.1. The quantitative estimate of drug-likeness (QED) is 0.172. The van der Waals surface area contributed by atoms with E-state index in [0.717, 1.165) is 4.90 Å². The molecule has 0 aromatic rings. The lowest BCUT2D eigenvalue weighted by Crippen LogP contribution is -2.63. The highest BCUT2D eigenvalue weighted by Crippen LogP contribution is 2.34. The van der Waals surface area contributed by atoms with Gasteiger partial charge in [-0.25, -0.2) is 9.69 Å². The van der Waals surface area contributed by atoms with Gasteiger partial charge in [-0.1, -0.05) is 0 Å². The van der Waals surface area contributed by atoms with Gasteiger partial charge in [0, 0.05) is 20.1 Å². The lowest BCUT2D eigenvalue weighted by Gasteiger charge is -2.46. The summed E-state index contributed by atoms with van der Waals surface area (Å²) in [5.74, 6) is -1.09. The second-order valence-electron chi connectivity index (χ2n) is 9.55. The van der Waals surface area contributed by atoms with Crippen molar-refractivity contribution in [2.75, 3.05) is 34.2 Å². The van der Waals surface area contributed by atoms with Crippen molar-refractivity contribution in [1.29, 1.82) is 0 Å². The van der Waals surface area contributed by atoms with Crippen LogP contribution in [0.3, 0.4) is 0 Å². The zero-order valence-corrected chi connectivity index (χ0v) is 20.1. The molecule has 6 N–H and O–H groups in total. The second-order valence-corrected chi connectivity index (χ2v) is 9.55. The van der Waals surface area contributed by atoms with Gasteiger partial charge < -0.3 is 54.5 Å². The predicted octanol–water partition coefficient (Wildman–Crippen LogP) is -3.11. The van der Waals surface area contributed by atoms with Gasteiger partial charge in [0.25, 0.3) is 5.91 Å². The number of methoxy groups -OCH3 is 2. The van der Waals surface area contributed by atoms with Gasteiger partial charge in [-0.2, -0.15) is 0 Å². The molecule has 0 bridgehead atoms. The van der Waals surface area contributed by atoms with Gasteiger partial charge in [0.15, 0.2) is 6.29 Å². The Labute approximate surface area is 202 Å². The lowest BCUT2D eigenvalue weighted by atomic mass is 9.81. The molecule has 0 aromatic carbocycles.